The predicted octanol–water partition coefficient (Wildman–Crippen LogP) is 2.41. The van der Waals surface area contributed by atoms with E-state index in [9.17, 15) is 9.59 Å². The van der Waals surface area contributed by atoms with Gasteiger partial charge in [-0.05, 0) is 18.8 Å². The quantitative estimate of drug-likeness (QED) is 0.857. The second-order valence-electron chi connectivity index (χ2n) is 6.29. The molecule has 1 saturated heterocycles. The number of fused-ring (bicyclic) bond motifs is 1. The summed E-state index contributed by atoms with van der Waals surface area (Å²) < 4.78 is 0. The summed E-state index contributed by atoms with van der Waals surface area (Å²) >= 11 is 1.37. The van der Waals surface area contributed by atoms with Crippen LogP contribution < -0.4 is 4.90 Å². The maximum Gasteiger partial charge on any atom is 0.328 e. The molecule has 1 aromatic rings. The highest BCUT2D eigenvalue weighted by molar-refractivity contribution is 7.17. The van der Waals surface area contributed by atoms with E-state index < -0.39 is 0 Å². The third-order valence-electron chi connectivity index (χ3n) is 4.10. The Balaban J connectivity index is 1.88. The van der Waals surface area contributed by atoms with Crippen LogP contribution >= 0.6 is 11.3 Å². The van der Waals surface area contributed by atoms with Crippen molar-refractivity contribution in [2.75, 3.05) is 31.8 Å². The molecule has 1 aromatic heterocycles. The summed E-state index contributed by atoms with van der Waals surface area (Å²) in [6.07, 6.45) is 2.46. The van der Waals surface area contributed by atoms with Gasteiger partial charge < -0.3 is 4.90 Å². The van der Waals surface area contributed by atoms with Crippen LogP contribution in [0, 0.1) is 5.92 Å². The standard InChI is InChI=1S/C15H22N4O2S/c1-4-5-18-8-17(3)15(21)19(9-18)14-16-11-6-10(2)7-12(20)13(11)22-14/h10H,4-9H2,1-3H3. The number of Topliss-reactive ketones (excluding diaryl/α,β-unsaturated/α-hetero) is 1. The first kappa shape index (κ1) is 15.4. The number of urea groups is 1. The van der Waals surface area contributed by atoms with Crippen molar-refractivity contribution in [1.29, 1.82) is 0 Å². The topological polar surface area (TPSA) is 56.8 Å². The summed E-state index contributed by atoms with van der Waals surface area (Å²) in [4.78, 5) is 35.6. The summed E-state index contributed by atoms with van der Waals surface area (Å²) in [6, 6.07) is -0.0426. The highest BCUT2D eigenvalue weighted by Crippen LogP contribution is 2.34. The van der Waals surface area contributed by atoms with Gasteiger partial charge in [0.05, 0.1) is 23.9 Å². The highest BCUT2D eigenvalue weighted by Gasteiger charge is 2.33. The van der Waals surface area contributed by atoms with Crippen LogP contribution in [-0.2, 0) is 6.42 Å². The monoisotopic (exact) mass is 322 g/mol. The molecule has 0 N–H and O–H groups in total. The molecule has 0 bridgehead atoms. The van der Waals surface area contributed by atoms with Gasteiger partial charge in [0, 0.05) is 20.0 Å². The molecule has 2 heterocycles. The molecule has 3 rings (SSSR count). The fourth-order valence-corrected chi connectivity index (χ4v) is 4.12. The molecule has 1 aliphatic heterocycles. The normalized spacial score (nSPS) is 23.1. The number of amides is 2. The molecule has 0 radical (unpaired) electrons. The lowest BCUT2D eigenvalue weighted by Gasteiger charge is -2.39. The number of carbonyl (C=O) groups is 2. The molecule has 7 heteroatoms. The van der Waals surface area contributed by atoms with Crippen LogP contribution in [0.25, 0.3) is 0 Å². The minimum absolute atomic E-state index is 0.0426. The first-order valence-corrected chi connectivity index (χ1v) is 8.59. The van der Waals surface area contributed by atoms with E-state index in [1.165, 1.54) is 11.3 Å². The van der Waals surface area contributed by atoms with Crippen LogP contribution in [0.15, 0.2) is 0 Å². The molecular weight excluding hydrogens is 300 g/mol. The van der Waals surface area contributed by atoms with Crippen molar-refractivity contribution in [3.63, 3.8) is 0 Å². The summed E-state index contributed by atoms with van der Waals surface area (Å²) in [5, 5.41) is 0.658. The van der Waals surface area contributed by atoms with E-state index >= 15 is 0 Å². The van der Waals surface area contributed by atoms with Gasteiger partial charge in [-0.15, -0.1) is 0 Å². The van der Waals surface area contributed by atoms with Gasteiger partial charge in [-0.2, -0.15) is 0 Å². The minimum Gasteiger partial charge on any atom is -0.314 e. The van der Waals surface area contributed by atoms with Gasteiger partial charge in [-0.25, -0.2) is 9.78 Å². The number of nitrogens with zero attached hydrogens (tertiary/aromatic N) is 4. The van der Waals surface area contributed by atoms with E-state index in [-0.39, 0.29) is 11.8 Å². The lowest BCUT2D eigenvalue weighted by molar-refractivity contribution is 0.0957. The van der Waals surface area contributed by atoms with Crippen LogP contribution in [0.5, 0.6) is 0 Å². The first-order chi connectivity index (χ1) is 10.5. The molecule has 1 unspecified atom stereocenters. The predicted molar refractivity (Wildman–Crippen MR) is 86.3 cm³/mol. The van der Waals surface area contributed by atoms with Gasteiger partial charge in [-0.3, -0.25) is 14.6 Å². The van der Waals surface area contributed by atoms with Crippen LogP contribution in [0.4, 0.5) is 9.93 Å². The lowest BCUT2D eigenvalue weighted by Crippen LogP contribution is -2.57. The summed E-state index contributed by atoms with van der Waals surface area (Å²) in [6.45, 7) is 6.33. The Morgan fingerprint density at radius 2 is 2.05 bits per heavy atom. The summed E-state index contributed by atoms with van der Waals surface area (Å²) in [7, 11) is 1.80. The van der Waals surface area contributed by atoms with Gasteiger partial charge in [0.25, 0.3) is 0 Å². The molecule has 1 aliphatic carbocycles. The molecule has 6 nitrogen and oxygen atoms in total. The van der Waals surface area contributed by atoms with Gasteiger partial charge in [0.1, 0.15) is 0 Å². The Labute approximate surface area is 134 Å². The second-order valence-corrected chi connectivity index (χ2v) is 7.27. The van der Waals surface area contributed by atoms with Crippen molar-refractivity contribution >= 4 is 28.3 Å². The Hall–Kier alpha value is -1.47. The molecule has 2 amide bonds. The third kappa shape index (κ3) is 2.75. The van der Waals surface area contributed by atoms with Gasteiger partial charge >= 0.3 is 6.03 Å². The molecule has 0 spiro atoms. The molecule has 1 fully saturated rings. The molecular formula is C15H22N4O2S. The summed E-state index contributed by atoms with van der Waals surface area (Å²) in [5.41, 5.74) is 0.867. The van der Waals surface area contributed by atoms with Crippen molar-refractivity contribution < 1.29 is 9.59 Å². The summed E-state index contributed by atoms with van der Waals surface area (Å²) in [5.74, 6) is 0.506. The fraction of sp³-hybridized carbons (Fsp3) is 0.667. The number of rotatable bonds is 3. The van der Waals surface area contributed by atoms with E-state index in [2.05, 4.69) is 23.7 Å². The van der Waals surface area contributed by atoms with E-state index in [4.69, 9.17) is 0 Å². The van der Waals surface area contributed by atoms with Crippen molar-refractivity contribution in [2.45, 2.75) is 33.1 Å². The fourth-order valence-electron chi connectivity index (χ4n) is 3.09. The number of thiazole rings is 1. The Morgan fingerprint density at radius 1 is 1.27 bits per heavy atom. The molecule has 0 saturated carbocycles. The van der Waals surface area contributed by atoms with Crippen molar-refractivity contribution in [3.05, 3.63) is 10.6 Å². The van der Waals surface area contributed by atoms with Crippen LogP contribution in [0.2, 0.25) is 0 Å². The minimum atomic E-state index is -0.0426. The Kier molecular flexibility index (Phi) is 4.18. The first-order valence-electron chi connectivity index (χ1n) is 7.77. The maximum atomic E-state index is 12.4. The zero-order valence-corrected chi connectivity index (χ0v) is 14.2. The Bertz CT molecular complexity index is 600. The van der Waals surface area contributed by atoms with E-state index in [1.54, 1.807) is 16.8 Å². The largest absolute Gasteiger partial charge is 0.328 e. The molecule has 22 heavy (non-hydrogen) atoms. The third-order valence-corrected chi connectivity index (χ3v) is 5.26. The average molecular weight is 322 g/mol. The zero-order valence-electron chi connectivity index (χ0n) is 13.3. The van der Waals surface area contributed by atoms with Crippen LogP contribution in [-0.4, -0.2) is 53.5 Å². The van der Waals surface area contributed by atoms with Gasteiger partial charge in [0.15, 0.2) is 10.9 Å². The number of hydrogen-bond donors (Lipinski definition) is 0. The maximum absolute atomic E-state index is 12.4. The average Bonchev–Trinajstić information content (AvgIpc) is 2.87. The van der Waals surface area contributed by atoms with Gasteiger partial charge in [-0.1, -0.05) is 25.2 Å². The number of aromatic nitrogens is 1. The number of carbonyl (C=O) groups excluding carboxylic acids is 2. The van der Waals surface area contributed by atoms with Crippen molar-refractivity contribution in [3.8, 4) is 0 Å². The molecule has 0 aromatic carbocycles. The van der Waals surface area contributed by atoms with Gasteiger partial charge in [0.2, 0.25) is 0 Å². The number of anilines is 1. The Morgan fingerprint density at radius 3 is 2.77 bits per heavy atom. The molecule has 1 atom stereocenters. The van der Waals surface area contributed by atoms with E-state index in [1.807, 2.05) is 0 Å². The SMILES string of the molecule is CCCN1CN(C)C(=O)N(c2nc3c(s2)C(=O)CC(C)C3)C1. The van der Waals surface area contributed by atoms with Crippen molar-refractivity contribution in [1.82, 2.24) is 14.8 Å². The smallest absolute Gasteiger partial charge is 0.314 e. The zero-order chi connectivity index (χ0) is 15.9. The second kappa shape index (κ2) is 5.96. The van der Waals surface area contributed by atoms with Crippen molar-refractivity contribution in [2.24, 2.45) is 5.92 Å². The number of ketones is 1. The lowest BCUT2D eigenvalue weighted by atomic mass is 9.92. The van der Waals surface area contributed by atoms with Crippen LogP contribution in [0.3, 0.4) is 0 Å². The highest BCUT2D eigenvalue weighted by atomic mass is 32.1. The number of hydrogen-bond acceptors (Lipinski definition) is 5. The van der Waals surface area contributed by atoms with Crippen LogP contribution in [0.1, 0.15) is 42.1 Å². The van der Waals surface area contributed by atoms with E-state index in [0.717, 1.165) is 30.0 Å². The molecule has 2 aliphatic rings. The molecule has 120 valence electrons. The van der Waals surface area contributed by atoms with E-state index in [0.29, 0.717) is 30.8 Å².